The predicted octanol–water partition coefficient (Wildman–Crippen LogP) is 4.45. The summed E-state index contributed by atoms with van der Waals surface area (Å²) >= 11 is 0. The van der Waals surface area contributed by atoms with E-state index in [2.05, 4.69) is 5.32 Å². The van der Waals surface area contributed by atoms with Crippen LogP contribution in [0.3, 0.4) is 0 Å². The van der Waals surface area contributed by atoms with Gasteiger partial charge in [0.1, 0.15) is 5.75 Å². The molecule has 0 spiro atoms. The number of carbonyl (C=O) groups excluding carboxylic acids is 2. The zero-order chi connectivity index (χ0) is 20.8. The van der Waals surface area contributed by atoms with Crippen molar-refractivity contribution in [1.29, 1.82) is 0 Å². The minimum atomic E-state index is -0.108. The third-order valence-corrected chi connectivity index (χ3v) is 5.94. The first-order valence-corrected chi connectivity index (χ1v) is 11.1. The van der Waals surface area contributed by atoms with E-state index in [1.165, 1.54) is 19.3 Å². The van der Waals surface area contributed by atoms with Crippen molar-refractivity contribution >= 4 is 11.8 Å². The number of benzene rings is 2. The van der Waals surface area contributed by atoms with Gasteiger partial charge in [0.2, 0.25) is 5.91 Å². The van der Waals surface area contributed by atoms with Gasteiger partial charge in [0.25, 0.3) is 5.91 Å². The van der Waals surface area contributed by atoms with E-state index in [9.17, 15) is 9.59 Å². The van der Waals surface area contributed by atoms with Gasteiger partial charge in [-0.3, -0.25) is 9.59 Å². The number of hydrogen-bond acceptors (Lipinski definition) is 3. The Labute approximate surface area is 178 Å². The van der Waals surface area contributed by atoms with Crippen molar-refractivity contribution < 1.29 is 14.3 Å². The van der Waals surface area contributed by atoms with Gasteiger partial charge in [-0.15, -0.1) is 0 Å². The summed E-state index contributed by atoms with van der Waals surface area (Å²) in [6.07, 6.45) is 7.90. The van der Waals surface area contributed by atoms with E-state index in [0.29, 0.717) is 31.2 Å². The summed E-state index contributed by atoms with van der Waals surface area (Å²) in [5, 5.41) is 3.00. The molecule has 0 aromatic heterocycles. The van der Waals surface area contributed by atoms with Crippen LogP contribution in [0.1, 0.15) is 66.4 Å². The van der Waals surface area contributed by atoms with Crippen molar-refractivity contribution in [2.75, 3.05) is 6.54 Å². The lowest BCUT2D eigenvalue weighted by Crippen LogP contribution is -2.25. The number of nitrogens with one attached hydrogen (secondary N) is 1. The van der Waals surface area contributed by atoms with Crippen LogP contribution >= 0.6 is 0 Å². The van der Waals surface area contributed by atoms with Gasteiger partial charge in [0.05, 0.1) is 6.10 Å². The smallest absolute Gasteiger partial charge is 0.251 e. The molecule has 2 aromatic rings. The fourth-order valence-corrected chi connectivity index (χ4v) is 4.29. The summed E-state index contributed by atoms with van der Waals surface area (Å²) in [6, 6.07) is 15.5. The highest BCUT2D eigenvalue weighted by Gasteiger charge is 2.20. The summed E-state index contributed by atoms with van der Waals surface area (Å²) in [7, 11) is 0. The molecule has 5 heteroatoms. The molecule has 0 radical (unpaired) electrons. The lowest BCUT2D eigenvalue weighted by atomic mass is 9.98. The van der Waals surface area contributed by atoms with Gasteiger partial charge in [-0.2, -0.15) is 0 Å². The van der Waals surface area contributed by atoms with Crippen LogP contribution in [0.4, 0.5) is 0 Å². The van der Waals surface area contributed by atoms with Crippen molar-refractivity contribution in [1.82, 2.24) is 10.2 Å². The fourth-order valence-electron chi connectivity index (χ4n) is 4.29. The molecule has 4 rings (SSSR count). The molecule has 30 heavy (non-hydrogen) atoms. The van der Waals surface area contributed by atoms with Crippen molar-refractivity contribution in [2.45, 2.75) is 64.1 Å². The SMILES string of the molecule is O=C(NCc1cccc(OC2CCCCC2)c1)c1cccc(CN2CCCC2=O)c1. The zero-order valence-electron chi connectivity index (χ0n) is 17.4. The summed E-state index contributed by atoms with van der Waals surface area (Å²) in [5.41, 5.74) is 2.63. The first kappa shape index (κ1) is 20.5. The third-order valence-electron chi connectivity index (χ3n) is 5.94. The number of carbonyl (C=O) groups is 2. The molecule has 5 nitrogen and oxygen atoms in total. The molecule has 158 valence electrons. The summed E-state index contributed by atoms with van der Waals surface area (Å²) in [4.78, 5) is 26.4. The molecule has 1 saturated carbocycles. The fraction of sp³-hybridized carbons (Fsp3) is 0.440. The van der Waals surface area contributed by atoms with E-state index in [1.54, 1.807) is 0 Å². The largest absolute Gasteiger partial charge is 0.490 e. The molecule has 2 amide bonds. The second-order valence-corrected chi connectivity index (χ2v) is 8.33. The number of ether oxygens (including phenoxy) is 1. The molecule has 2 aromatic carbocycles. The second kappa shape index (κ2) is 9.79. The van der Waals surface area contributed by atoms with E-state index in [0.717, 1.165) is 42.7 Å². The maximum Gasteiger partial charge on any atom is 0.251 e. The molecule has 1 saturated heterocycles. The highest BCUT2D eigenvalue weighted by molar-refractivity contribution is 5.94. The standard InChI is InChI=1S/C25H30N2O3/c28-24-13-6-14-27(24)18-20-8-4-9-21(15-20)25(29)26-17-19-7-5-12-23(16-19)30-22-10-2-1-3-11-22/h4-5,7-9,12,15-16,22H,1-3,6,10-11,13-14,17-18H2,(H,26,29). The number of amides is 2. The minimum Gasteiger partial charge on any atom is -0.490 e. The molecule has 2 fully saturated rings. The Morgan fingerprint density at radius 1 is 1.00 bits per heavy atom. The molecule has 1 aliphatic carbocycles. The highest BCUT2D eigenvalue weighted by atomic mass is 16.5. The Hall–Kier alpha value is -2.82. The van der Waals surface area contributed by atoms with Crippen molar-refractivity contribution in [2.24, 2.45) is 0 Å². The molecule has 1 heterocycles. The molecule has 0 unspecified atom stereocenters. The van der Waals surface area contributed by atoms with Crippen LogP contribution in [0.15, 0.2) is 48.5 Å². The van der Waals surface area contributed by atoms with Crippen LogP contribution in [-0.2, 0) is 17.9 Å². The van der Waals surface area contributed by atoms with E-state index in [1.807, 2.05) is 53.4 Å². The maximum atomic E-state index is 12.7. The lowest BCUT2D eigenvalue weighted by molar-refractivity contribution is -0.128. The number of hydrogen-bond donors (Lipinski definition) is 1. The Balaban J connectivity index is 1.32. The average molecular weight is 407 g/mol. The van der Waals surface area contributed by atoms with Gasteiger partial charge in [-0.05, 0) is 67.5 Å². The Bertz CT molecular complexity index is 889. The number of rotatable bonds is 7. The Morgan fingerprint density at radius 2 is 1.80 bits per heavy atom. The average Bonchev–Trinajstić information content (AvgIpc) is 3.17. The third kappa shape index (κ3) is 5.41. The highest BCUT2D eigenvalue weighted by Crippen LogP contribution is 2.24. The van der Waals surface area contributed by atoms with Crippen LogP contribution in [0, 0.1) is 0 Å². The minimum absolute atomic E-state index is 0.108. The van der Waals surface area contributed by atoms with Crippen molar-refractivity contribution in [3.63, 3.8) is 0 Å². The molecule has 2 aliphatic rings. The van der Waals surface area contributed by atoms with E-state index < -0.39 is 0 Å². The van der Waals surface area contributed by atoms with Gasteiger partial charge >= 0.3 is 0 Å². The van der Waals surface area contributed by atoms with Crippen LogP contribution < -0.4 is 10.1 Å². The normalized spacial score (nSPS) is 17.2. The first-order chi connectivity index (χ1) is 14.7. The molecule has 0 bridgehead atoms. The van der Waals surface area contributed by atoms with Gasteiger partial charge in [-0.25, -0.2) is 0 Å². The van der Waals surface area contributed by atoms with E-state index in [-0.39, 0.29) is 11.8 Å². The summed E-state index contributed by atoms with van der Waals surface area (Å²) in [6.45, 7) is 1.82. The van der Waals surface area contributed by atoms with Gasteiger partial charge in [0.15, 0.2) is 0 Å². The van der Waals surface area contributed by atoms with E-state index >= 15 is 0 Å². The number of nitrogens with zero attached hydrogens (tertiary/aromatic N) is 1. The summed E-state index contributed by atoms with van der Waals surface area (Å²) in [5.74, 6) is 0.967. The summed E-state index contributed by atoms with van der Waals surface area (Å²) < 4.78 is 6.13. The Kier molecular flexibility index (Phi) is 6.67. The zero-order valence-corrected chi connectivity index (χ0v) is 17.4. The molecule has 1 aliphatic heterocycles. The maximum absolute atomic E-state index is 12.7. The first-order valence-electron chi connectivity index (χ1n) is 11.1. The van der Waals surface area contributed by atoms with Crippen molar-refractivity contribution in [3.05, 3.63) is 65.2 Å². The molecule has 1 N–H and O–H groups in total. The van der Waals surface area contributed by atoms with Crippen LogP contribution in [0.2, 0.25) is 0 Å². The topological polar surface area (TPSA) is 58.6 Å². The van der Waals surface area contributed by atoms with Crippen molar-refractivity contribution in [3.8, 4) is 5.75 Å². The quantitative estimate of drug-likeness (QED) is 0.739. The molecular formula is C25H30N2O3. The molecular weight excluding hydrogens is 376 g/mol. The lowest BCUT2D eigenvalue weighted by Gasteiger charge is -2.23. The Morgan fingerprint density at radius 3 is 2.60 bits per heavy atom. The monoisotopic (exact) mass is 406 g/mol. The van der Waals surface area contributed by atoms with E-state index in [4.69, 9.17) is 4.74 Å². The van der Waals surface area contributed by atoms with Gasteiger partial charge in [0, 0.05) is 31.6 Å². The number of likely N-dealkylation sites (tertiary alicyclic amines) is 1. The molecule has 0 atom stereocenters. The second-order valence-electron chi connectivity index (χ2n) is 8.33. The van der Waals surface area contributed by atoms with Crippen LogP contribution in [0.5, 0.6) is 5.75 Å². The van der Waals surface area contributed by atoms with Gasteiger partial charge in [-0.1, -0.05) is 30.7 Å². The van der Waals surface area contributed by atoms with Gasteiger partial charge < -0.3 is 15.0 Å². The van der Waals surface area contributed by atoms with Crippen LogP contribution in [0.25, 0.3) is 0 Å². The predicted molar refractivity (Wildman–Crippen MR) is 116 cm³/mol. The van der Waals surface area contributed by atoms with Crippen LogP contribution in [-0.4, -0.2) is 29.4 Å².